The Morgan fingerprint density at radius 1 is 1.16 bits per heavy atom. The zero-order valence-electron chi connectivity index (χ0n) is 14.9. The van der Waals surface area contributed by atoms with Crippen molar-refractivity contribution in [3.05, 3.63) is 53.1 Å². The minimum Gasteiger partial charge on any atom is -0.334 e. The average molecular weight is 337 g/mol. The first-order valence-electron chi connectivity index (χ1n) is 8.73. The number of benzene rings is 1. The molecule has 1 fully saturated rings. The summed E-state index contributed by atoms with van der Waals surface area (Å²) in [5.74, 6) is 1.32. The monoisotopic (exact) mass is 337 g/mol. The van der Waals surface area contributed by atoms with Gasteiger partial charge in [-0.3, -0.25) is 9.58 Å². The van der Waals surface area contributed by atoms with Crippen molar-refractivity contribution < 1.29 is 4.52 Å². The Morgan fingerprint density at radius 2 is 1.92 bits per heavy atom. The highest BCUT2D eigenvalue weighted by Crippen LogP contribution is 2.31. The van der Waals surface area contributed by atoms with E-state index in [0.29, 0.717) is 18.5 Å². The molecule has 6 nitrogen and oxygen atoms in total. The summed E-state index contributed by atoms with van der Waals surface area (Å²) in [6.07, 6.45) is 2.48. The van der Waals surface area contributed by atoms with E-state index in [0.717, 1.165) is 23.6 Å². The highest BCUT2D eigenvalue weighted by atomic mass is 16.5. The van der Waals surface area contributed by atoms with E-state index >= 15 is 0 Å². The molecule has 2 aromatic heterocycles. The highest BCUT2D eigenvalue weighted by molar-refractivity contribution is 5.51. The number of rotatable bonds is 6. The van der Waals surface area contributed by atoms with Gasteiger partial charge in [0.05, 0.1) is 12.2 Å². The molecule has 4 rings (SSSR count). The number of aromatic nitrogens is 4. The van der Waals surface area contributed by atoms with Crippen LogP contribution < -0.4 is 0 Å². The standard InChI is InChI=1S/C19H23N5O/c1-13-17(14(2)23(3)21-13)11-24(16-9-10-16)12-18-20-19(25-22-18)15-7-5-4-6-8-15/h4-8,16H,9-12H2,1-3H3. The molecule has 0 bridgehead atoms. The predicted molar refractivity (Wildman–Crippen MR) is 94.7 cm³/mol. The fraction of sp³-hybridized carbons (Fsp3) is 0.421. The topological polar surface area (TPSA) is 60.0 Å². The van der Waals surface area contributed by atoms with Gasteiger partial charge in [-0.1, -0.05) is 23.4 Å². The minimum absolute atomic E-state index is 0.583. The Kier molecular flexibility index (Phi) is 4.13. The molecule has 0 N–H and O–H groups in total. The SMILES string of the molecule is Cc1nn(C)c(C)c1CN(Cc1noc(-c2ccccc2)n1)C1CC1. The Balaban J connectivity index is 1.52. The van der Waals surface area contributed by atoms with Crippen LogP contribution in [0.5, 0.6) is 0 Å². The molecule has 25 heavy (non-hydrogen) atoms. The van der Waals surface area contributed by atoms with Gasteiger partial charge in [-0.25, -0.2) is 0 Å². The van der Waals surface area contributed by atoms with Crippen LogP contribution >= 0.6 is 0 Å². The van der Waals surface area contributed by atoms with Crippen molar-refractivity contribution in [1.82, 2.24) is 24.8 Å². The second-order valence-corrected chi connectivity index (χ2v) is 6.79. The molecule has 3 aromatic rings. The Bertz CT molecular complexity index is 863. The first-order valence-corrected chi connectivity index (χ1v) is 8.73. The lowest BCUT2D eigenvalue weighted by molar-refractivity contribution is 0.234. The molecule has 0 atom stereocenters. The van der Waals surface area contributed by atoms with E-state index in [4.69, 9.17) is 4.52 Å². The first-order chi connectivity index (χ1) is 12.1. The van der Waals surface area contributed by atoms with Gasteiger partial charge in [0.1, 0.15) is 0 Å². The Morgan fingerprint density at radius 3 is 2.56 bits per heavy atom. The summed E-state index contributed by atoms with van der Waals surface area (Å²) >= 11 is 0. The molecule has 1 saturated carbocycles. The van der Waals surface area contributed by atoms with Gasteiger partial charge in [0.25, 0.3) is 5.89 Å². The van der Waals surface area contributed by atoms with E-state index in [-0.39, 0.29) is 0 Å². The van der Waals surface area contributed by atoms with Gasteiger partial charge in [-0.2, -0.15) is 10.1 Å². The van der Waals surface area contributed by atoms with Gasteiger partial charge >= 0.3 is 0 Å². The smallest absolute Gasteiger partial charge is 0.257 e. The number of hydrogen-bond donors (Lipinski definition) is 0. The van der Waals surface area contributed by atoms with E-state index in [1.54, 1.807) is 0 Å². The van der Waals surface area contributed by atoms with E-state index in [9.17, 15) is 0 Å². The third-order valence-corrected chi connectivity index (χ3v) is 4.92. The van der Waals surface area contributed by atoms with Gasteiger partial charge in [0.2, 0.25) is 0 Å². The molecule has 0 amide bonds. The lowest BCUT2D eigenvalue weighted by Gasteiger charge is -2.20. The maximum absolute atomic E-state index is 5.45. The molecule has 0 saturated heterocycles. The van der Waals surface area contributed by atoms with Gasteiger partial charge < -0.3 is 4.52 Å². The average Bonchev–Trinajstić information content (AvgIpc) is 3.31. The molecule has 0 spiro atoms. The molecular formula is C19H23N5O. The Hall–Kier alpha value is -2.47. The van der Waals surface area contributed by atoms with Crippen LogP contribution in [0.1, 0.15) is 35.6 Å². The second-order valence-electron chi connectivity index (χ2n) is 6.79. The first kappa shape index (κ1) is 16.0. The van der Waals surface area contributed by atoms with Gasteiger partial charge in [0, 0.05) is 36.5 Å². The van der Waals surface area contributed by atoms with E-state index in [2.05, 4.69) is 34.0 Å². The second kappa shape index (κ2) is 6.44. The zero-order chi connectivity index (χ0) is 17.4. The van der Waals surface area contributed by atoms with Crippen LogP contribution in [0.4, 0.5) is 0 Å². The van der Waals surface area contributed by atoms with Crippen LogP contribution in [0.25, 0.3) is 11.5 Å². The maximum Gasteiger partial charge on any atom is 0.257 e. The van der Waals surface area contributed by atoms with Crippen LogP contribution in [-0.4, -0.2) is 30.9 Å². The third kappa shape index (κ3) is 3.35. The highest BCUT2D eigenvalue weighted by Gasteiger charge is 2.31. The van der Waals surface area contributed by atoms with Crippen molar-refractivity contribution in [2.45, 2.75) is 45.8 Å². The van der Waals surface area contributed by atoms with Crippen molar-refractivity contribution in [2.75, 3.05) is 0 Å². The van der Waals surface area contributed by atoms with Crippen molar-refractivity contribution in [1.29, 1.82) is 0 Å². The lowest BCUT2D eigenvalue weighted by atomic mass is 10.2. The largest absolute Gasteiger partial charge is 0.334 e. The van der Waals surface area contributed by atoms with Crippen LogP contribution in [0, 0.1) is 13.8 Å². The van der Waals surface area contributed by atoms with E-state index in [1.165, 1.54) is 24.1 Å². The fourth-order valence-electron chi connectivity index (χ4n) is 3.20. The van der Waals surface area contributed by atoms with Crippen LogP contribution in [0.2, 0.25) is 0 Å². The van der Waals surface area contributed by atoms with E-state index in [1.807, 2.05) is 42.1 Å². The van der Waals surface area contributed by atoms with Crippen LogP contribution in [-0.2, 0) is 20.1 Å². The van der Waals surface area contributed by atoms with Crippen molar-refractivity contribution >= 4 is 0 Å². The van der Waals surface area contributed by atoms with Crippen LogP contribution in [0.3, 0.4) is 0 Å². The summed E-state index contributed by atoms with van der Waals surface area (Å²) in [5.41, 5.74) is 4.59. The molecule has 6 heteroatoms. The van der Waals surface area contributed by atoms with Crippen molar-refractivity contribution in [3.8, 4) is 11.5 Å². The summed E-state index contributed by atoms with van der Waals surface area (Å²) in [4.78, 5) is 7.02. The molecule has 0 unspecified atom stereocenters. The van der Waals surface area contributed by atoms with Gasteiger partial charge in [-0.15, -0.1) is 0 Å². The zero-order valence-corrected chi connectivity index (χ0v) is 14.9. The molecule has 1 aliphatic rings. The lowest BCUT2D eigenvalue weighted by Crippen LogP contribution is -2.26. The van der Waals surface area contributed by atoms with Gasteiger partial charge in [-0.05, 0) is 38.8 Å². The molecular weight excluding hydrogens is 314 g/mol. The molecule has 0 aliphatic heterocycles. The fourth-order valence-corrected chi connectivity index (χ4v) is 3.20. The summed E-state index contributed by atoms with van der Waals surface area (Å²) in [6, 6.07) is 10.5. The van der Waals surface area contributed by atoms with Crippen LogP contribution in [0.15, 0.2) is 34.9 Å². The quantitative estimate of drug-likeness (QED) is 0.691. The maximum atomic E-state index is 5.45. The van der Waals surface area contributed by atoms with Crippen molar-refractivity contribution in [2.24, 2.45) is 7.05 Å². The minimum atomic E-state index is 0.583. The summed E-state index contributed by atoms with van der Waals surface area (Å²) in [6.45, 7) is 5.79. The van der Waals surface area contributed by atoms with Gasteiger partial charge in [0.15, 0.2) is 5.82 Å². The molecule has 130 valence electrons. The van der Waals surface area contributed by atoms with Crippen molar-refractivity contribution in [3.63, 3.8) is 0 Å². The predicted octanol–water partition coefficient (Wildman–Crippen LogP) is 3.25. The Labute approximate surface area is 147 Å². The number of aryl methyl sites for hydroxylation is 2. The van der Waals surface area contributed by atoms with E-state index < -0.39 is 0 Å². The molecule has 1 aromatic carbocycles. The molecule has 0 radical (unpaired) electrons. The summed E-state index contributed by atoms with van der Waals surface area (Å²) < 4.78 is 7.41. The number of nitrogens with zero attached hydrogens (tertiary/aromatic N) is 5. The molecule has 2 heterocycles. The normalized spacial score (nSPS) is 14.4. The summed E-state index contributed by atoms with van der Waals surface area (Å²) in [7, 11) is 2.00. The third-order valence-electron chi connectivity index (χ3n) is 4.92. The number of hydrogen-bond acceptors (Lipinski definition) is 5. The molecule has 1 aliphatic carbocycles. The summed E-state index contributed by atoms with van der Waals surface area (Å²) in [5, 5.41) is 8.72.